The zero-order chi connectivity index (χ0) is 16.4. The van der Waals surface area contributed by atoms with Crippen molar-refractivity contribution in [1.29, 1.82) is 0 Å². The fraction of sp³-hybridized carbons (Fsp3) is 0.750. The average molecular weight is 322 g/mol. The molecule has 128 valence electrons. The molecule has 7 nitrogen and oxygen atoms in total. The van der Waals surface area contributed by atoms with Gasteiger partial charge in [0.05, 0.1) is 25.5 Å². The van der Waals surface area contributed by atoms with Gasteiger partial charge in [-0.05, 0) is 20.8 Å². The lowest BCUT2D eigenvalue weighted by Crippen LogP contribution is -2.51. The predicted octanol–water partition coefficient (Wildman–Crippen LogP) is 1.40. The van der Waals surface area contributed by atoms with E-state index in [1.807, 2.05) is 27.0 Å². The number of H-pyrrole nitrogens is 1. The largest absolute Gasteiger partial charge is 0.444 e. The minimum absolute atomic E-state index is 0.0321. The number of hydrogen-bond donors (Lipinski definition) is 1. The number of nitrogens with zero attached hydrogens (tertiary/aromatic N) is 3. The summed E-state index contributed by atoms with van der Waals surface area (Å²) >= 11 is 0. The van der Waals surface area contributed by atoms with Crippen LogP contribution in [0.1, 0.15) is 32.0 Å². The van der Waals surface area contributed by atoms with Crippen LogP contribution in [-0.2, 0) is 22.4 Å². The van der Waals surface area contributed by atoms with Crippen molar-refractivity contribution in [3.05, 3.63) is 17.5 Å². The monoisotopic (exact) mass is 322 g/mol. The molecule has 0 bridgehead atoms. The van der Waals surface area contributed by atoms with Crippen molar-refractivity contribution in [2.24, 2.45) is 0 Å². The Balaban J connectivity index is 1.52. The number of nitrogens with one attached hydrogen (secondary N) is 1. The summed E-state index contributed by atoms with van der Waals surface area (Å²) in [6.07, 6.45) is 2.67. The highest BCUT2D eigenvalue weighted by Crippen LogP contribution is 2.18. The number of aromatic amines is 1. The SMILES string of the molecule is CC(C)(C)OC(=O)N1CCOC(CN2CCc3[nH]ncc3C2)C1. The van der Waals surface area contributed by atoms with E-state index in [1.54, 1.807) is 4.90 Å². The third-order valence-electron chi connectivity index (χ3n) is 4.13. The normalized spacial score (nSPS) is 22.7. The number of aromatic nitrogens is 2. The van der Waals surface area contributed by atoms with Gasteiger partial charge in [0.15, 0.2) is 0 Å². The van der Waals surface area contributed by atoms with Gasteiger partial charge in [0.1, 0.15) is 5.60 Å². The summed E-state index contributed by atoms with van der Waals surface area (Å²) < 4.78 is 11.3. The van der Waals surface area contributed by atoms with Gasteiger partial charge >= 0.3 is 6.09 Å². The summed E-state index contributed by atoms with van der Waals surface area (Å²) in [6.45, 7) is 10.1. The van der Waals surface area contributed by atoms with Crippen LogP contribution in [0.2, 0.25) is 0 Å². The first-order chi connectivity index (χ1) is 10.9. The number of ether oxygens (including phenoxy) is 2. The molecule has 23 heavy (non-hydrogen) atoms. The lowest BCUT2D eigenvalue weighted by Gasteiger charge is -2.37. The van der Waals surface area contributed by atoms with E-state index in [-0.39, 0.29) is 12.2 Å². The van der Waals surface area contributed by atoms with Crippen LogP contribution in [0, 0.1) is 0 Å². The number of rotatable bonds is 2. The third-order valence-corrected chi connectivity index (χ3v) is 4.13. The van der Waals surface area contributed by atoms with Gasteiger partial charge in [-0.1, -0.05) is 0 Å². The smallest absolute Gasteiger partial charge is 0.410 e. The number of fused-ring (bicyclic) bond motifs is 1. The van der Waals surface area contributed by atoms with Gasteiger partial charge < -0.3 is 14.4 Å². The van der Waals surface area contributed by atoms with E-state index in [4.69, 9.17) is 9.47 Å². The Kier molecular flexibility index (Phi) is 4.59. The molecule has 1 N–H and O–H groups in total. The Bertz CT molecular complexity index is 552. The van der Waals surface area contributed by atoms with Crippen molar-refractivity contribution >= 4 is 6.09 Å². The Morgan fingerprint density at radius 2 is 2.30 bits per heavy atom. The molecular formula is C16H26N4O3. The first-order valence-electron chi connectivity index (χ1n) is 8.24. The Morgan fingerprint density at radius 3 is 3.09 bits per heavy atom. The van der Waals surface area contributed by atoms with Crippen LogP contribution >= 0.6 is 0 Å². The molecule has 0 aliphatic carbocycles. The molecule has 2 aliphatic heterocycles. The standard InChI is InChI=1S/C16H26N4O3/c1-16(2,3)23-15(21)20-6-7-22-13(11-20)10-19-5-4-14-12(9-19)8-17-18-14/h8,13H,4-7,9-11H2,1-3H3,(H,17,18). The quantitative estimate of drug-likeness (QED) is 0.891. The fourth-order valence-corrected chi connectivity index (χ4v) is 3.05. The summed E-state index contributed by atoms with van der Waals surface area (Å²) in [4.78, 5) is 16.3. The molecule has 7 heteroatoms. The molecule has 3 rings (SSSR count). The second-order valence-corrected chi connectivity index (χ2v) is 7.28. The molecule has 1 atom stereocenters. The molecule has 0 spiro atoms. The second-order valence-electron chi connectivity index (χ2n) is 7.28. The number of carbonyl (C=O) groups is 1. The lowest BCUT2D eigenvalue weighted by atomic mass is 10.1. The van der Waals surface area contributed by atoms with Gasteiger partial charge in [-0.15, -0.1) is 0 Å². The van der Waals surface area contributed by atoms with E-state index in [0.29, 0.717) is 19.7 Å². The number of amides is 1. The third kappa shape index (κ3) is 4.23. The van der Waals surface area contributed by atoms with Crippen LogP contribution < -0.4 is 0 Å². The minimum atomic E-state index is -0.463. The van der Waals surface area contributed by atoms with Gasteiger partial charge in [-0.25, -0.2) is 4.79 Å². The van der Waals surface area contributed by atoms with E-state index in [2.05, 4.69) is 15.1 Å². The van der Waals surface area contributed by atoms with Gasteiger partial charge in [-0.2, -0.15) is 5.10 Å². The van der Waals surface area contributed by atoms with E-state index in [9.17, 15) is 4.79 Å². The zero-order valence-corrected chi connectivity index (χ0v) is 14.2. The molecule has 0 saturated carbocycles. The van der Waals surface area contributed by atoms with Gasteiger partial charge in [0.25, 0.3) is 0 Å². The fourth-order valence-electron chi connectivity index (χ4n) is 3.05. The maximum atomic E-state index is 12.2. The Hall–Kier alpha value is -1.60. The second kappa shape index (κ2) is 6.49. The van der Waals surface area contributed by atoms with Crippen LogP contribution in [-0.4, -0.2) is 70.6 Å². The maximum absolute atomic E-state index is 12.2. The van der Waals surface area contributed by atoms with E-state index in [0.717, 1.165) is 26.1 Å². The van der Waals surface area contributed by atoms with Crippen molar-refractivity contribution in [3.8, 4) is 0 Å². The summed E-state index contributed by atoms with van der Waals surface area (Å²) in [5.74, 6) is 0. The van der Waals surface area contributed by atoms with Crippen molar-refractivity contribution in [3.63, 3.8) is 0 Å². The molecule has 1 aromatic rings. The molecule has 3 heterocycles. The maximum Gasteiger partial charge on any atom is 0.410 e. The van der Waals surface area contributed by atoms with E-state index < -0.39 is 5.60 Å². The Morgan fingerprint density at radius 1 is 1.48 bits per heavy atom. The van der Waals surface area contributed by atoms with Crippen LogP contribution in [0.5, 0.6) is 0 Å². The molecule has 1 unspecified atom stereocenters. The van der Waals surface area contributed by atoms with E-state index >= 15 is 0 Å². The number of morpholine rings is 1. The van der Waals surface area contributed by atoms with Crippen molar-refractivity contribution < 1.29 is 14.3 Å². The van der Waals surface area contributed by atoms with Gasteiger partial charge in [-0.3, -0.25) is 10.00 Å². The molecule has 1 saturated heterocycles. The minimum Gasteiger partial charge on any atom is -0.444 e. The van der Waals surface area contributed by atoms with Crippen LogP contribution in [0.3, 0.4) is 0 Å². The summed E-state index contributed by atoms with van der Waals surface area (Å²) in [7, 11) is 0. The molecule has 0 radical (unpaired) electrons. The zero-order valence-electron chi connectivity index (χ0n) is 14.2. The van der Waals surface area contributed by atoms with Gasteiger partial charge in [0.2, 0.25) is 0 Å². The molecule has 1 amide bonds. The Labute approximate surface area is 136 Å². The molecule has 0 aromatic carbocycles. The molecular weight excluding hydrogens is 296 g/mol. The summed E-state index contributed by atoms with van der Waals surface area (Å²) in [5, 5.41) is 7.15. The average Bonchev–Trinajstić information content (AvgIpc) is 2.93. The highest BCUT2D eigenvalue weighted by Gasteiger charge is 2.30. The molecule has 1 aromatic heterocycles. The first kappa shape index (κ1) is 16.3. The van der Waals surface area contributed by atoms with Crippen molar-refractivity contribution in [1.82, 2.24) is 20.0 Å². The predicted molar refractivity (Wildman–Crippen MR) is 85.1 cm³/mol. The molecule has 1 fully saturated rings. The highest BCUT2D eigenvalue weighted by atomic mass is 16.6. The topological polar surface area (TPSA) is 70.7 Å². The number of hydrogen-bond acceptors (Lipinski definition) is 5. The van der Waals surface area contributed by atoms with Gasteiger partial charge in [0, 0.05) is 43.9 Å². The van der Waals surface area contributed by atoms with Crippen molar-refractivity contribution in [2.75, 3.05) is 32.8 Å². The lowest BCUT2D eigenvalue weighted by molar-refractivity contribution is -0.0535. The van der Waals surface area contributed by atoms with Crippen LogP contribution in [0.25, 0.3) is 0 Å². The van der Waals surface area contributed by atoms with Crippen LogP contribution in [0.4, 0.5) is 4.79 Å². The first-order valence-corrected chi connectivity index (χ1v) is 8.24. The summed E-state index contributed by atoms with van der Waals surface area (Å²) in [6, 6.07) is 0. The highest BCUT2D eigenvalue weighted by molar-refractivity contribution is 5.68. The van der Waals surface area contributed by atoms with Crippen molar-refractivity contribution in [2.45, 2.75) is 45.4 Å². The molecule has 2 aliphatic rings. The number of carbonyl (C=O) groups excluding carboxylic acids is 1. The van der Waals surface area contributed by atoms with E-state index in [1.165, 1.54) is 11.3 Å². The summed E-state index contributed by atoms with van der Waals surface area (Å²) in [5.41, 5.74) is 2.03. The van der Waals surface area contributed by atoms with Crippen LogP contribution in [0.15, 0.2) is 6.20 Å².